The zero-order chi connectivity index (χ0) is 29.1. The Morgan fingerprint density at radius 2 is 1.77 bits per heavy atom. The van der Waals surface area contributed by atoms with Crippen LogP contribution in [-0.4, -0.2) is 41.6 Å². The summed E-state index contributed by atoms with van der Waals surface area (Å²) >= 11 is 0.882. The fourth-order valence-electron chi connectivity index (χ4n) is 5.30. The van der Waals surface area contributed by atoms with Crippen molar-refractivity contribution in [1.29, 1.82) is 0 Å². The topological polar surface area (TPSA) is 64.5 Å². The third kappa shape index (κ3) is 7.94. The van der Waals surface area contributed by atoms with Gasteiger partial charge >= 0.3 is 6.36 Å². The summed E-state index contributed by atoms with van der Waals surface area (Å²) in [5, 5.41) is 3.06. The number of rotatable bonds is 8. The van der Waals surface area contributed by atoms with E-state index in [9.17, 15) is 18.0 Å². The molecule has 40 heavy (non-hydrogen) atoms. The van der Waals surface area contributed by atoms with Crippen molar-refractivity contribution in [2.45, 2.75) is 102 Å². The molecule has 0 spiro atoms. The van der Waals surface area contributed by atoms with E-state index >= 15 is 4.39 Å². The predicted molar refractivity (Wildman–Crippen MR) is 148 cm³/mol. The van der Waals surface area contributed by atoms with Crippen molar-refractivity contribution in [3.8, 4) is 17.0 Å². The molecule has 2 heterocycles. The van der Waals surface area contributed by atoms with Crippen LogP contribution in [0.2, 0.25) is 0 Å². The first kappa shape index (κ1) is 30.7. The average Bonchev–Trinajstić information content (AvgIpc) is 3.20. The fraction of sp³-hybridized carbons (Fsp3) is 0.621. The van der Waals surface area contributed by atoms with Crippen LogP contribution in [0.4, 0.5) is 17.6 Å². The zero-order valence-corrected chi connectivity index (χ0v) is 24.4. The first-order valence-electron chi connectivity index (χ1n) is 13.9. The Kier molecular flexibility index (Phi) is 9.78. The van der Waals surface area contributed by atoms with Crippen molar-refractivity contribution in [1.82, 2.24) is 14.6 Å². The lowest BCUT2D eigenvalue weighted by molar-refractivity contribution is -0.276. The summed E-state index contributed by atoms with van der Waals surface area (Å²) in [4.78, 5) is 13.3. The minimum Gasteiger partial charge on any atom is -0.401 e. The summed E-state index contributed by atoms with van der Waals surface area (Å²) in [5.74, 6) is -1.94. The molecule has 11 heteroatoms. The van der Waals surface area contributed by atoms with Crippen molar-refractivity contribution in [3.63, 3.8) is 0 Å². The molecule has 222 valence electrons. The molecule has 1 aliphatic carbocycles. The van der Waals surface area contributed by atoms with Crippen LogP contribution in [0.15, 0.2) is 23.1 Å². The zero-order valence-electron chi connectivity index (χ0n) is 23.5. The van der Waals surface area contributed by atoms with E-state index in [0.29, 0.717) is 55.5 Å². The standard InChI is InChI=1S/C29H39F4N3O3S/c1-18-22(27(37)34-20-12-14-38-15-13-20)16-23(36(18)17-19-8-6-5-7-9-19)21-10-11-24(40-35-28(2,3)4)26(25(21)30)39-29(31,32)33/h10-11,16,19-20,35H,5-9,12-15,17H2,1-4H3,(H,34,37). The van der Waals surface area contributed by atoms with Crippen LogP contribution >= 0.6 is 11.9 Å². The van der Waals surface area contributed by atoms with E-state index in [0.717, 1.165) is 37.6 Å². The highest BCUT2D eigenvalue weighted by Crippen LogP contribution is 2.41. The molecule has 1 aliphatic heterocycles. The Morgan fingerprint density at radius 3 is 2.40 bits per heavy atom. The number of carbonyl (C=O) groups is 1. The lowest BCUT2D eigenvalue weighted by Crippen LogP contribution is -2.39. The normalized spacial score (nSPS) is 17.7. The highest BCUT2D eigenvalue weighted by atomic mass is 32.2. The van der Waals surface area contributed by atoms with E-state index in [1.54, 1.807) is 6.07 Å². The maximum atomic E-state index is 16.0. The Hall–Kier alpha value is -2.24. The van der Waals surface area contributed by atoms with Gasteiger partial charge in [-0.25, -0.2) is 4.39 Å². The van der Waals surface area contributed by atoms with Gasteiger partial charge in [-0.3, -0.25) is 9.52 Å². The number of halogens is 4. The third-order valence-electron chi connectivity index (χ3n) is 7.36. The number of aromatic nitrogens is 1. The Morgan fingerprint density at radius 1 is 1.10 bits per heavy atom. The minimum absolute atomic E-state index is 0.0203. The van der Waals surface area contributed by atoms with Crippen LogP contribution in [0, 0.1) is 18.7 Å². The molecule has 2 fully saturated rings. The molecule has 1 aromatic heterocycles. The van der Waals surface area contributed by atoms with Gasteiger partial charge in [0.05, 0.1) is 16.2 Å². The molecule has 2 N–H and O–H groups in total. The maximum absolute atomic E-state index is 16.0. The molecule has 0 unspecified atom stereocenters. The average molecular weight is 586 g/mol. The summed E-state index contributed by atoms with van der Waals surface area (Å²) in [5.41, 5.74) is 0.945. The van der Waals surface area contributed by atoms with Crippen LogP contribution in [0.5, 0.6) is 5.75 Å². The molecular weight excluding hydrogens is 546 g/mol. The number of hydrogen-bond donors (Lipinski definition) is 2. The van der Waals surface area contributed by atoms with Gasteiger partial charge < -0.3 is 19.4 Å². The Balaban J connectivity index is 1.76. The fourth-order valence-corrected chi connectivity index (χ4v) is 6.08. The molecule has 4 rings (SSSR count). The first-order valence-corrected chi connectivity index (χ1v) is 14.8. The smallest absolute Gasteiger partial charge is 0.401 e. The molecule has 0 bridgehead atoms. The van der Waals surface area contributed by atoms with Crippen LogP contribution in [0.3, 0.4) is 0 Å². The van der Waals surface area contributed by atoms with E-state index < -0.39 is 23.5 Å². The predicted octanol–water partition coefficient (Wildman–Crippen LogP) is 7.39. The van der Waals surface area contributed by atoms with Gasteiger partial charge in [0.15, 0.2) is 11.6 Å². The summed E-state index contributed by atoms with van der Waals surface area (Å²) < 4.78 is 70.8. The van der Waals surface area contributed by atoms with Crippen molar-refractivity contribution in [2.24, 2.45) is 5.92 Å². The van der Waals surface area contributed by atoms with Gasteiger partial charge in [0, 0.05) is 42.6 Å². The molecule has 0 atom stereocenters. The van der Waals surface area contributed by atoms with Gasteiger partial charge in [-0.15, -0.1) is 13.2 Å². The molecule has 1 amide bonds. The largest absolute Gasteiger partial charge is 0.573 e. The van der Waals surface area contributed by atoms with Crippen LogP contribution in [-0.2, 0) is 11.3 Å². The monoisotopic (exact) mass is 585 g/mol. The number of carbonyl (C=O) groups excluding carboxylic acids is 1. The Labute approximate surface area is 237 Å². The van der Waals surface area contributed by atoms with Crippen LogP contribution in [0.25, 0.3) is 11.3 Å². The van der Waals surface area contributed by atoms with E-state index in [4.69, 9.17) is 4.74 Å². The molecule has 2 aliphatic rings. The summed E-state index contributed by atoms with van der Waals surface area (Å²) in [6.07, 6.45) is 1.72. The van der Waals surface area contributed by atoms with Crippen LogP contribution < -0.4 is 14.8 Å². The molecule has 1 aromatic carbocycles. The highest BCUT2D eigenvalue weighted by molar-refractivity contribution is 7.97. The first-order chi connectivity index (χ1) is 18.8. The number of nitrogens with one attached hydrogen (secondary N) is 2. The van der Waals surface area contributed by atoms with Crippen molar-refractivity contribution in [3.05, 3.63) is 35.3 Å². The highest BCUT2D eigenvalue weighted by Gasteiger charge is 2.35. The van der Waals surface area contributed by atoms with Gasteiger partial charge in [0.25, 0.3) is 5.91 Å². The van der Waals surface area contributed by atoms with Gasteiger partial charge in [0.1, 0.15) is 0 Å². The van der Waals surface area contributed by atoms with E-state index in [2.05, 4.69) is 14.8 Å². The van der Waals surface area contributed by atoms with E-state index in [1.807, 2.05) is 32.3 Å². The lowest BCUT2D eigenvalue weighted by atomic mass is 9.89. The van der Waals surface area contributed by atoms with Gasteiger partial charge in [-0.05, 0) is 89.4 Å². The summed E-state index contributed by atoms with van der Waals surface area (Å²) in [6, 6.07) is 4.47. The van der Waals surface area contributed by atoms with E-state index in [1.165, 1.54) is 18.6 Å². The molecule has 1 saturated heterocycles. The summed E-state index contributed by atoms with van der Waals surface area (Å²) in [6.45, 7) is 9.06. The van der Waals surface area contributed by atoms with E-state index in [-0.39, 0.29) is 22.4 Å². The second kappa shape index (κ2) is 12.7. The SMILES string of the molecule is Cc1c(C(=O)NC2CCOCC2)cc(-c2ccc(SNC(C)(C)C)c(OC(F)(F)F)c2F)n1CC1CCCCC1. The number of benzene rings is 1. The van der Waals surface area contributed by atoms with Gasteiger partial charge in [0.2, 0.25) is 0 Å². The second-order valence-electron chi connectivity index (χ2n) is 11.8. The molecule has 6 nitrogen and oxygen atoms in total. The molecule has 0 radical (unpaired) electrons. The van der Waals surface area contributed by atoms with Crippen LogP contribution in [0.1, 0.15) is 81.8 Å². The number of alkyl halides is 3. The number of ether oxygens (including phenoxy) is 2. The number of nitrogens with zero attached hydrogens (tertiary/aromatic N) is 1. The minimum atomic E-state index is -5.08. The second-order valence-corrected chi connectivity index (χ2v) is 12.6. The molecule has 1 saturated carbocycles. The van der Waals surface area contributed by atoms with Crippen molar-refractivity contribution >= 4 is 17.9 Å². The Bertz CT molecular complexity index is 1180. The molecule has 2 aromatic rings. The van der Waals surface area contributed by atoms with Crippen molar-refractivity contribution in [2.75, 3.05) is 13.2 Å². The maximum Gasteiger partial charge on any atom is 0.573 e. The van der Waals surface area contributed by atoms with Gasteiger partial charge in [-0.2, -0.15) is 0 Å². The number of hydrogen-bond acceptors (Lipinski definition) is 5. The quantitative estimate of drug-likeness (QED) is 0.250. The number of amides is 1. The lowest BCUT2D eigenvalue weighted by Gasteiger charge is -2.25. The van der Waals surface area contributed by atoms with Crippen molar-refractivity contribution < 1.29 is 31.8 Å². The summed E-state index contributed by atoms with van der Waals surface area (Å²) in [7, 11) is 0. The third-order valence-corrected chi connectivity index (χ3v) is 8.61. The molecular formula is C29H39F4N3O3S. The van der Waals surface area contributed by atoms with Gasteiger partial charge in [-0.1, -0.05) is 19.3 Å².